The number of nitrogens with zero attached hydrogens (tertiary/aromatic N) is 3. The minimum Gasteiger partial charge on any atom is -0.319 e. The SMILES string of the molecule is CSc1nc(=O)n2ncc(CC(C)(C)C)c2[nH]1. The van der Waals surface area contributed by atoms with Gasteiger partial charge in [0.1, 0.15) is 5.65 Å². The summed E-state index contributed by atoms with van der Waals surface area (Å²) in [5.74, 6) is 0. The Morgan fingerprint density at radius 2 is 2.18 bits per heavy atom. The van der Waals surface area contributed by atoms with E-state index in [4.69, 9.17) is 0 Å². The number of fused-ring (bicyclic) bond motifs is 1. The van der Waals surface area contributed by atoms with Crippen LogP contribution in [0.2, 0.25) is 0 Å². The van der Waals surface area contributed by atoms with Gasteiger partial charge in [0.15, 0.2) is 5.16 Å². The molecule has 17 heavy (non-hydrogen) atoms. The largest absolute Gasteiger partial charge is 0.372 e. The quantitative estimate of drug-likeness (QED) is 0.827. The highest BCUT2D eigenvalue weighted by Gasteiger charge is 2.16. The topological polar surface area (TPSA) is 63.1 Å². The molecule has 92 valence electrons. The summed E-state index contributed by atoms with van der Waals surface area (Å²) in [5, 5.41) is 4.70. The van der Waals surface area contributed by atoms with Gasteiger partial charge in [-0.05, 0) is 18.1 Å². The monoisotopic (exact) mass is 252 g/mol. The Kier molecular flexibility index (Phi) is 2.99. The van der Waals surface area contributed by atoms with E-state index in [2.05, 4.69) is 35.8 Å². The van der Waals surface area contributed by atoms with E-state index in [1.54, 1.807) is 6.20 Å². The highest BCUT2D eigenvalue weighted by Crippen LogP contribution is 2.22. The molecule has 0 spiro atoms. The third-order valence-corrected chi connectivity index (χ3v) is 2.94. The summed E-state index contributed by atoms with van der Waals surface area (Å²) in [6, 6.07) is 0. The van der Waals surface area contributed by atoms with E-state index in [1.807, 2.05) is 6.26 Å². The van der Waals surface area contributed by atoms with Gasteiger partial charge < -0.3 is 4.98 Å². The van der Waals surface area contributed by atoms with Crippen molar-refractivity contribution in [3.05, 3.63) is 22.2 Å². The van der Waals surface area contributed by atoms with Gasteiger partial charge in [0, 0.05) is 5.56 Å². The van der Waals surface area contributed by atoms with Crippen molar-refractivity contribution < 1.29 is 0 Å². The van der Waals surface area contributed by atoms with E-state index in [-0.39, 0.29) is 11.1 Å². The number of hydrogen-bond donors (Lipinski definition) is 1. The molecule has 1 N–H and O–H groups in total. The van der Waals surface area contributed by atoms with Crippen LogP contribution in [0.1, 0.15) is 26.3 Å². The van der Waals surface area contributed by atoms with Gasteiger partial charge in [0.2, 0.25) is 0 Å². The number of aromatic amines is 1. The smallest absolute Gasteiger partial charge is 0.319 e. The predicted octanol–water partition coefficient (Wildman–Crippen LogP) is 1.73. The molecule has 2 aromatic heterocycles. The molecule has 0 aromatic carbocycles. The third-order valence-electron chi connectivity index (χ3n) is 2.36. The van der Waals surface area contributed by atoms with Gasteiger partial charge in [0.25, 0.3) is 0 Å². The number of rotatable bonds is 2. The molecule has 0 aliphatic rings. The first kappa shape index (κ1) is 12.2. The van der Waals surface area contributed by atoms with Crippen LogP contribution in [-0.2, 0) is 6.42 Å². The lowest BCUT2D eigenvalue weighted by molar-refractivity contribution is 0.412. The van der Waals surface area contributed by atoms with Crippen LogP contribution in [0, 0.1) is 5.41 Å². The lowest BCUT2D eigenvalue weighted by Crippen LogP contribution is -2.19. The fraction of sp³-hybridized carbons (Fsp3) is 0.545. The van der Waals surface area contributed by atoms with Crippen molar-refractivity contribution in [2.45, 2.75) is 32.3 Å². The molecule has 0 unspecified atom stereocenters. The zero-order valence-electron chi connectivity index (χ0n) is 10.4. The molecular formula is C11H16N4OS. The van der Waals surface area contributed by atoms with Crippen molar-refractivity contribution in [1.29, 1.82) is 0 Å². The second-order valence-corrected chi connectivity index (χ2v) is 5.99. The van der Waals surface area contributed by atoms with E-state index in [0.717, 1.165) is 17.6 Å². The molecule has 2 heterocycles. The average Bonchev–Trinajstić information content (AvgIpc) is 2.59. The summed E-state index contributed by atoms with van der Waals surface area (Å²) in [4.78, 5) is 18.7. The maximum Gasteiger partial charge on any atom is 0.372 e. The lowest BCUT2D eigenvalue weighted by Gasteiger charge is -2.16. The summed E-state index contributed by atoms with van der Waals surface area (Å²) in [6.45, 7) is 6.47. The molecule has 0 radical (unpaired) electrons. The molecule has 0 amide bonds. The molecule has 0 saturated heterocycles. The standard InChI is InChI=1S/C11H16N4OS/c1-11(2,3)5-7-6-12-15-8(7)13-9(17-4)14-10(15)16/h6H,5H2,1-4H3,(H,13,14,16). The van der Waals surface area contributed by atoms with Crippen LogP contribution >= 0.6 is 11.8 Å². The van der Waals surface area contributed by atoms with E-state index in [0.29, 0.717) is 5.16 Å². The van der Waals surface area contributed by atoms with Crippen LogP contribution in [0.5, 0.6) is 0 Å². The summed E-state index contributed by atoms with van der Waals surface area (Å²) >= 11 is 1.42. The molecule has 0 saturated carbocycles. The van der Waals surface area contributed by atoms with Crippen molar-refractivity contribution in [2.24, 2.45) is 5.41 Å². The molecule has 0 bridgehead atoms. The number of thioether (sulfide) groups is 1. The van der Waals surface area contributed by atoms with Gasteiger partial charge in [-0.15, -0.1) is 0 Å². The van der Waals surface area contributed by atoms with Crippen LogP contribution < -0.4 is 5.69 Å². The van der Waals surface area contributed by atoms with Crippen LogP contribution in [0.15, 0.2) is 16.1 Å². The Hall–Kier alpha value is -1.30. The molecule has 6 heteroatoms. The second-order valence-electron chi connectivity index (χ2n) is 5.20. The van der Waals surface area contributed by atoms with E-state index >= 15 is 0 Å². The fourth-order valence-corrected chi connectivity index (χ4v) is 2.09. The predicted molar refractivity (Wildman–Crippen MR) is 68.5 cm³/mol. The zero-order chi connectivity index (χ0) is 12.6. The van der Waals surface area contributed by atoms with Gasteiger partial charge in [-0.3, -0.25) is 0 Å². The summed E-state index contributed by atoms with van der Waals surface area (Å²) in [7, 11) is 0. The van der Waals surface area contributed by atoms with Gasteiger partial charge in [-0.25, -0.2) is 4.79 Å². The van der Waals surface area contributed by atoms with E-state index in [1.165, 1.54) is 16.3 Å². The third kappa shape index (κ3) is 2.52. The fourth-order valence-electron chi connectivity index (χ4n) is 1.72. The molecule has 2 aromatic rings. The van der Waals surface area contributed by atoms with Crippen molar-refractivity contribution in [3.63, 3.8) is 0 Å². The van der Waals surface area contributed by atoms with Crippen LogP contribution in [0.25, 0.3) is 5.65 Å². The van der Waals surface area contributed by atoms with E-state index in [9.17, 15) is 4.79 Å². The van der Waals surface area contributed by atoms with Gasteiger partial charge in [0.05, 0.1) is 6.20 Å². The molecule has 0 aliphatic heterocycles. The molecule has 5 nitrogen and oxygen atoms in total. The minimum absolute atomic E-state index is 0.156. The average molecular weight is 252 g/mol. The van der Waals surface area contributed by atoms with Crippen molar-refractivity contribution in [1.82, 2.24) is 19.6 Å². The van der Waals surface area contributed by atoms with Gasteiger partial charge in [-0.1, -0.05) is 32.5 Å². The highest BCUT2D eigenvalue weighted by atomic mass is 32.2. The number of aromatic nitrogens is 4. The van der Waals surface area contributed by atoms with Crippen molar-refractivity contribution >= 4 is 17.4 Å². The Morgan fingerprint density at radius 3 is 2.76 bits per heavy atom. The Labute approximate surface area is 104 Å². The molecule has 0 aliphatic carbocycles. The maximum absolute atomic E-state index is 11.7. The van der Waals surface area contributed by atoms with Crippen LogP contribution in [-0.4, -0.2) is 25.8 Å². The Morgan fingerprint density at radius 1 is 1.47 bits per heavy atom. The lowest BCUT2D eigenvalue weighted by atomic mass is 9.89. The first-order valence-electron chi connectivity index (χ1n) is 5.41. The van der Waals surface area contributed by atoms with Crippen molar-refractivity contribution in [3.8, 4) is 0 Å². The highest BCUT2D eigenvalue weighted by molar-refractivity contribution is 7.98. The normalized spacial score (nSPS) is 12.2. The summed E-state index contributed by atoms with van der Waals surface area (Å²) in [6.07, 6.45) is 4.49. The van der Waals surface area contributed by atoms with Crippen LogP contribution in [0.4, 0.5) is 0 Å². The molecular weight excluding hydrogens is 236 g/mol. The number of nitrogens with one attached hydrogen (secondary N) is 1. The first-order valence-corrected chi connectivity index (χ1v) is 6.64. The Bertz CT molecular complexity index is 594. The number of H-pyrrole nitrogens is 1. The van der Waals surface area contributed by atoms with E-state index < -0.39 is 0 Å². The summed E-state index contributed by atoms with van der Waals surface area (Å²) in [5.41, 5.74) is 1.63. The minimum atomic E-state index is -0.330. The second kappa shape index (κ2) is 4.18. The number of hydrogen-bond acceptors (Lipinski definition) is 4. The van der Waals surface area contributed by atoms with Crippen molar-refractivity contribution in [2.75, 3.05) is 6.26 Å². The first-order chi connectivity index (χ1) is 7.90. The molecule has 2 rings (SSSR count). The Balaban J connectivity index is 2.59. The molecule has 0 atom stereocenters. The molecule has 0 fully saturated rings. The maximum atomic E-state index is 11.7. The summed E-state index contributed by atoms with van der Waals surface area (Å²) < 4.78 is 1.32. The van der Waals surface area contributed by atoms with Crippen LogP contribution in [0.3, 0.4) is 0 Å². The van der Waals surface area contributed by atoms with Gasteiger partial charge >= 0.3 is 5.69 Å². The zero-order valence-corrected chi connectivity index (χ0v) is 11.3. The van der Waals surface area contributed by atoms with Gasteiger partial charge in [-0.2, -0.15) is 14.6 Å².